The van der Waals surface area contributed by atoms with E-state index in [4.69, 9.17) is 14.5 Å². The van der Waals surface area contributed by atoms with Gasteiger partial charge >= 0.3 is 0 Å². The maximum atomic E-state index is 11.3. The number of carbonyl (C=O) groups is 1. The number of hydrogen-bond acceptors (Lipinski definition) is 9. The van der Waals surface area contributed by atoms with Crippen LogP contribution in [0.5, 0.6) is 11.5 Å². The number of pyridine rings is 2. The number of aromatic nitrogens is 5. The van der Waals surface area contributed by atoms with Gasteiger partial charge in [-0.1, -0.05) is 20.8 Å². The van der Waals surface area contributed by atoms with Crippen LogP contribution in [0.1, 0.15) is 50.6 Å². The van der Waals surface area contributed by atoms with Crippen molar-refractivity contribution < 1.29 is 14.3 Å². The number of imidazole rings is 1. The van der Waals surface area contributed by atoms with Gasteiger partial charge in [0.1, 0.15) is 17.3 Å². The number of fused-ring (bicyclic) bond motifs is 1. The molecule has 1 aliphatic rings. The van der Waals surface area contributed by atoms with Gasteiger partial charge < -0.3 is 24.7 Å². The molecule has 0 radical (unpaired) electrons. The Labute approximate surface area is 213 Å². The maximum Gasteiger partial charge on any atom is 0.222 e. The summed E-state index contributed by atoms with van der Waals surface area (Å²) in [5, 5.41) is 6.86. The average molecular weight is 508 g/mol. The molecule has 1 amide bonds. The monoisotopic (exact) mass is 507 g/mol. The Balaban J connectivity index is 1.40. The molecule has 1 saturated heterocycles. The number of ether oxygens (including phenoxy) is 2. The SMILES string of the molecule is CC(=O)Nc1cc(Oc2cnc3nc(Nc4nc([C@@H]5CCOC5)c(C(C)(C)C)s4)n(C)c3c2)ccn1. The summed E-state index contributed by atoms with van der Waals surface area (Å²) in [4.78, 5) is 30.8. The van der Waals surface area contributed by atoms with Crippen molar-refractivity contribution in [2.45, 2.75) is 45.4 Å². The van der Waals surface area contributed by atoms with Gasteiger partial charge in [0.15, 0.2) is 10.8 Å². The number of hydrogen-bond donors (Lipinski definition) is 2. The Morgan fingerprint density at radius 1 is 1.22 bits per heavy atom. The van der Waals surface area contributed by atoms with Crippen LogP contribution < -0.4 is 15.4 Å². The second-order valence-corrected chi connectivity index (χ2v) is 10.8. The lowest BCUT2D eigenvalue weighted by atomic mass is 9.89. The normalized spacial score (nSPS) is 15.9. The van der Waals surface area contributed by atoms with Crippen LogP contribution in [0.25, 0.3) is 11.2 Å². The molecule has 0 spiro atoms. The molecule has 1 aliphatic heterocycles. The topological polar surface area (TPSA) is 116 Å². The van der Waals surface area contributed by atoms with Gasteiger partial charge in [0, 0.05) is 49.7 Å². The zero-order valence-electron chi connectivity index (χ0n) is 21.0. The highest BCUT2D eigenvalue weighted by atomic mass is 32.1. The summed E-state index contributed by atoms with van der Waals surface area (Å²) < 4.78 is 13.5. The zero-order valence-corrected chi connectivity index (χ0v) is 21.8. The van der Waals surface area contributed by atoms with Crippen molar-refractivity contribution in [3.8, 4) is 11.5 Å². The highest BCUT2D eigenvalue weighted by Crippen LogP contribution is 2.40. The number of rotatable bonds is 6. The number of amides is 1. The Bertz CT molecular complexity index is 1420. The van der Waals surface area contributed by atoms with Crippen molar-refractivity contribution in [3.05, 3.63) is 41.2 Å². The molecular formula is C25H29N7O3S. The average Bonchev–Trinajstić information content (AvgIpc) is 3.54. The van der Waals surface area contributed by atoms with Crippen LogP contribution in [-0.4, -0.2) is 43.6 Å². The Kier molecular flexibility index (Phi) is 6.35. The van der Waals surface area contributed by atoms with Gasteiger partial charge in [-0.25, -0.2) is 15.0 Å². The molecule has 5 rings (SSSR count). The molecule has 188 valence electrons. The highest BCUT2D eigenvalue weighted by molar-refractivity contribution is 7.16. The Morgan fingerprint density at radius 2 is 2.06 bits per heavy atom. The van der Waals surface area contributed by atoms with Gasteiger partial charge in [0.2, 0.25) is 11.9 Å². The predicted molar refractivity (Wildman–Crippen MR) is 139 cm³/mol. The van der Waals surface area contributed by atoms with Crippen LogP contribution in [0, 0.1) is 0 Å². The number of aryl methyl sites for hydroxylation is 1. The number of nitrogens with one attached hydrogen (secondary N) is 2. The quantitative estimate of drug-likeness (QED) is 0.370. The van der Waals surface area contributed by atoms with E-state index >= 15 is 0 Å². The molecule has 0 unspecified atom stereocenters. The molecule has 36 heavy (non-hydrogen) atoms. The Hall–Kier alpha value is -3.57. The van der Waals surface area contributed by atoms with Gasteiger partial charge in [0.05, 0.1) is 24.0 Å². The molecule has 0 saturated carbocycles. The molecule has 2 N–H and O–H groups in total. The standard InChI is InChI=1S/C25H29N7O3S/c1-14(33)28-19-11-16(6-8-26-19)35-17-10-18-22(27-12-17)30-23(32(18)5)31-24-29-20(15-7-9-34-13-15)21(36-24)25(2,3)4/h6,8,10-12,15H,7,9,13H2,1-5H3,(H,26,28,33)(H,27,29,30,31)/t15-/m1/s1. The van der Waals surface area contributed by atoms with Crippen molar-refractivity contribution in [2.75, 3.05) is 23.8 Å². The van der Waals surface area contributed by atoms with E-state index in [1.165, 1.54) is 11.8 Å². The first-order chi connectivity index (χ1) is 17.2. The van der Waals surface area contributed by atoms with Gasteiger partial charge in [-0.15, -0.1) is 11.3 Å². The van der Waals surface area contributed by atoms with Crippen LogP contribution in [0.4, 0.5) is 16.9 Å². The molecule has 1 atom stereocenters. The maximum absolute atomic E-state index is 11.3. The summed E-state index contributed by atoms with van der Waals surface area (Å²) in [6.07, 6.45) is 4.19. The molecule has 4 aromatic rings. The first-order valence-corrected chi connectivity index (χ1v) is 12.6. The largest absolute Gasteiger partial charge is 0.455 e. The van der Waals surface area contributed by atoms with Crippen molar-refractivity contribution >= 4 is 45.3 Å². The smallest absolute Gasteiger partial charge is 0.222 e. The van der Waals surface area contributed by atoms with Gasteiger partial charge in [-0.2, -0.15) is 4.98 Å². The van der Waals surface area contributed by atoms with Gasteiger partial charge in [-0.3, -0.25) is 4.79 Å². The predicted octanol–water partition coefficient (Wildman–Crippen LogP) is 5.12. The number of nitrogens with zero attached hydrogens (tertiary/aromatic N) is 5. The second kappa shape index (κ2) is 9.47. The minimum atomic E-state index is -0.198. The minimum Gasteiger partial charge on any atom is -0.455 e. The summed E-state index contributed by atoms with van der Waals surface area (Å²) in [7, 11) is 1.93. The third-order valence-electron chi connectivity index (χ3n) is 5.85. The zero-order chi connectivity index (χ0) is 25.4. The summed E-state index contributed by atoms with van der Waals surface area (Å²) >= 11 is 1.67. The third-order valence-corrected chi connectivity index (χ3v) is 7.27. The van der Waals surface area contributed by atoms with E-state index in [1.807, 2.05) is 17.7 Å². The molecule has 5 heterocycles. The fraction of sp³-hybridized carbons (Fsp3) is 0.400. The summed E-state index contributed by atoms with van der Waals surface area (Å²) in [6, 6.07) is 5.25. The van der Waals surface area contributed by atoms with Crippen molar-refractivity contribution in [2.24, 2.45) is 7.05 Å². The van der Waals surface area contributed by atoms with Crippen LogP contribution in [-0.2, 0) is 22.0 Å². The second-order valence-electron chi connectivity index (χ2n) is 9.84. The number of carbonyl (C=O) groups excluding carboxylic acids is 1. The van der Waals surface area contributed by atoms with Crippen LogP contribution in [0.2, 0.25) is 0 Å². The summed E-state index contributed by atoms with van der Waals surface area (Å²) in [5.41, 5.74) is 2.51. The Morgan fingerprint density at radius 3 is 2.78 bits per heavy atom. The lowest BCUT2D eigenvalue weighted by Crippen LogP contribution is -2.14. The molecule has 1 fully saturated rings. The molecule has 0 bridgehead atoms. The first-order valence-electron chi connectivity index (χ1n) is 11.8. The third kappa shape index (κ3) is 5.02. The molecule has 10 nitrogen and oxygen atoms in total. The first kappa shape index (κ1) is 24.1. The van der Waals surface area contributed by atoms with E-state index in [2.05, 4.69) is 46.4 Å². The molecule has 4 aromatic heterocycles. The summed E-state index contributed by atoms with van der Waals surface area (Å²) in [6.45, 7) is 9.57. The van der Waals surface area contributed by atoms with E-state index in [1.54, 1.807) is 35.9 Å². The van der Waals surface area contributed by atoms with Crippen molar-refractivity contribution in [3.63, 3.8) is 0 Å². The van der Waals surface area contributed by atoms with Gasteiger partial charge in [0.25, 0.3) is 0 Å². The van der Waals surface area contributed by atoms with Crippen LogP contribution in [0.15, 0.2) is 30.6 Å². The highest BCUT2D eigenvalue weighted by Gasteiger charge is 2.30. The van der Waals surface area contributed by atoms with E-state index in [-0.39, 0.29) is 11.3 Å². The fourth-order valence-electron chi connectivity index (χ4n) is 4.12. The number of anilines is 3. The fourth-order valence-corrected chi connectivity index (χ4v) is 5.22. The van der Waals surface area contributed by atoms with E-state index in [9.17, 15) is 4.79 Å². The molecular weight excluding hydrogens is 478 g/mol. The number of thiazole rings is 1. The molecule has 11 heteroatoms. The molecule has 0 aromatic carbocycles. The van der Waals surface area contributed by atoms with Crippen molar-refractivity contribution in [1.29, 1.82) is 0 Å². The summed E-state index contributed by atoms with van der Waals surface area (Å²) in [5.74, 6) is 2.28. The van der Waals surface area contributed by atoms with Gasteiger partial charge in [-0.05, 0) is 17.9 Å². The van der Waals surface area contributed by atoms with Crippen molar-refractivity contribution in [1.82, 2.24) is 24.5 Å². The minimum absolute atomic E-state index is 0.0115. The van der Waals surface area contributed by atoms with E-state index in [0.717, 1.165) is 36.0 Å². The van der Waals surface area contributed by atoms with Crippen LogP contribution in [0.3, 0.4) is 0 Å². The van der Waals surface area contributed by atoms with E-state index in [0.29, 0.717) is 34.8 Å². The lowest BCUT2D eigenvalue weighted by Gasteiger charge is -2.19. The lowest BCUT2D eigenvalue weighted by molar-refractivity contribution is -0.114. The molecule has 0 aliphatic carbocycles. The van der Waals surface area contributed by atoms with E-state index < -0.39 is 0 Å². The van der Waals surface area contributed by atoms with Crippen LogP contribution >= 0.6 is 11.3 Å².